The Labute approximate surface area is 168 Å². The first-order valence-electron chi connectivity index (χ1n) is 9.22. The summed E-state index contributed by atoms with van der Waals surface area (Å²) in [6.45, 7) is 5.57. The highest BCUT2D eigenvalue weighted by molar-refractivity contribution is 5.99. The van der Waals surface area contributed by atoms with Crippen molar-refractivity contribution < 1.29 is 23.6 Å². The first-order chi connectivity index (χ1) is 14.0. The van der Waals surface area contributed by atoms with Crippen molar-refractivity contribution in [2.24, 2.45) is 0 Å². The van der Waals surface area contributed by atoms with E-state index in [0.717, 1.165) is 0 Å². The second kappa shape index (κ2) is 9.05. The van der Waals surface area contributed by atoms with E-state index in [2.05, 4.69) is 10.5 Å². The summed E-state index contributed by atoms with van der Waals surface area (Å²) < 4.78 is 16.2. The molecule has 150 valence electrons. The largest absolute Gasteiger partial charge is 0.492 e. The minimum atomic E-state index is -1.16. The van der Waals surface area contributed by atoms with Gasteiger partial charge in [0.15, 0.2) is 0 Å². The summed E-state index contributed by atoms with van der Waals surface area (Å²) in [4.78, 5) is 25.8. The third kappa shape index (κ3) is 4.63. The van der Waals surface area contributed by atoms with E-state index in [9.17, 15) is 9.59 Å². The van der Waals surface area contributed by atoms with Gasteiger partial charge in [-0.05, 0) is 32.9 Å². The molecule has 0 aliphatic rings. The fourth-order valence-electron chi connectivity index (χ4n) is 2.89. The van der Waals surface area contributed by atoms with Crippen LogP contribution in [0.4, 0.5) is 5.69 Å². The molecule has 2 aromatic carbocycles. The highest BCUT2D eigenvalue weighted by Gasteiger charge is 2.29. The van der Waals surface area contributed by atoms with Crippen LogP contribution in [-0.2, 0) is 9.53 Å². The van der Waals surface area contributed by atoms with Crippen molar-refractivity contribution in [3.8, 4) is 5.75 Å². The topological polar surface area (TPSA) is 90.7 Å². The molecule has 7 heteroatoms. The van der Waals surface area contributed by atoms with E-state index in [0.29, 0.717) is 35.1 Å². The van der Waals surface area contributed by atoms with Gasteiger partial charge < -0.3 is 19.3 Å². The summed E-state index contributed by atoms with van der Waals surface area (Å²) in [6.07, 6.45) is -1.16. The van der Waals surface area contributed by atoms with E-state index in [-0.39, 0.29) is 5.56 Å². The Balaban J connectivity index is 1.88. The highest BCUT2D eigenvalue weighted by Crippen LogP contribution is 2.27. The first-order valence-corrected chi connectivity index (χ1v) is 9.22. The number of aromatic nitrogens is 1. The van der Waals surface area contributed by atoms with Gasteiger partial charge in [-0.2, -0.15) is 0 Å². The van der Waals surface area contributed by atoms with E-state index in [4.69, 9.17) is 14.0 Å². The maximum atomic E-state index is 13.1. The molecule has 1 N–H and O–H groups in total. The number of carbonyl (C=O) groups is 2. The molecule has 3 aromatic rings. The van der Waals surface area contributed by atoms with Crippen molar-refractivity contribution in [3.63, 3.8) is 0 Å². The number of esters is 1. The molecule has 0 bridgehead atoms. The number of ether oxygens (including phenoxy) is 2. The van der Waals surface area contributed by atoms with Crippen molar-refractivity contribution >= 4 is 17.6 Å². The normalized spacial score (nSPS) is 11.6. The lowest BCUT2D eigenvalue weighted by molar-refractivity contribution is -0.125. The summed E-state index contributed by atoms with van der Waals surface area (Å²) in [5, 5.41) is 6.56. The zero-order chi connectivity index (χ0) is 20.8. The number of anilines is 1. The van der Waals surface area contributed by atoms with Crippen LogP contribution in [0.1, 0.15) is 40.4 Å². The monoisotopic (exact) mass is 394 g/mol. The molecule has 1 heterocycles. The lowest BCUT2D eigenvalue weighted by Crippen LogP contribution is -2.26. The van der Waals surface area contributed by atoms with E-state index >= 15 is 0 Å². The molecule has 3 rings (SSSR count). The van der Waals surface area contributed by atoms with Gasteiger partial charge in [0.1, 0.15) is 17.1 Å². The standard InChI is InChI=1S/C22H22N2O5/c1-4-27-18-13-9-8-12-17(18)23-21(25)20(16-10-6-5-7-11-16)28-22(26)19-14(2)24-29-15(19)3/h5-13,20H,4H2,1-3H3,(H,23,25)/t20-/m0/s1. The molecule has 0 aliphatic heterocycles. The Morgan fingerprint density at radius 1 is 1.07 bits per heavy atom. The van der Waals surface area contributed by atoms with Crippen LogP contribution in [0.2, 0.25) is 0 Å². The van der Waals surface area contributed by atoms with Gasteiger partial charge in [-0.25, -0.2) is 4.79 Å². The van der Waals surface area contributed by atoms with E-state index in [1.807, 2.05) is 19.1 Å². The van der Waals surface area contributed by atoms with Crippen LogP contribution in [0.5, 0.6) is 5.75 Å². The molecule has 0 saturated carbocycles. The van der Waals surface area contributed by atoms with Gasteiger partial charge in [0.2, 0.25) is 6.10 Å². The average Bonchev–Trinajstić information content (AvgIpc) is 3.06. The minimum absolute atomic E-state index is 0.216. The van der Waals surface area contributed by atoms with Crippen LogP contribution in [-0.4, -0.2) is 23.6 Å². The lowest BCUT2D eigenvalue weighted by Gasteiger charge is -2.19. The maximum Gasteiger partial charge on any atom is 0.344 e. The van der Waals surface area contributed by atoms with Gasteiger partial charge in [-0.3, -0.25) is 4.79 Å². The third-order valence-electron chi connectivity index (χ3n) is 4.25. The Morgan fingerprint density at radius 3 is 2.41 bits per heavy atom. The van der Waals surface area contributed by atoms with Crippen molar-refractivity contribution in [1.29, 1.82) is 0 Å². The van der Waals surface area contributed by atoms with Gasteiger partial charge in [-0.1, -0.05) is 47.6 Å². The summed E-state index contributed by atoms with van der Waals surface area (Å²) in [5.74, 6) is -0.305. The van der Waals surface area contributed by atoms with Crippen LogP contribution in [0, 0.1) is 13.8 Å². The fourth-order valence-corrected chi connectivity index (χ4v) is 2.89. The number of para-hydroxylation sites is 2. The summed E-state index contributed by atoms with van der Waals surface area (Å²) in [5.41, 5.74) is 1.66. The number of aryl methyl sites for hydroxylation is 2. The van der Waals surface area contributed by atoms with Gasteiger partial charge in [0.25, 0.3) is 5.91 Å². The number of hydrogen-bond donors (Lipinski definition) is 1. The lowest BCUT2D eigenvalue weighted by atomic mass is 10.1. The average molecular weight is 394 g/mol. The molecule has 1 atom stereocenters. The van der Waals surface area contributed by atoms with E-state index < -0.39 is 18.0 Å². The molecule has 7 nitrogen and oxygen atoms in total. The van der Waals surface area contributed by atoms with Gasteiger partial charge in [0.05, 0.1) is 18.0 Å². The summed E-state index contributed by atoms with van der Waals surface area (Å²) in [6, 6.07) is 15.9. The molecular formula is C22H22N2O5. The van der Waals surface area contributed by atoms with Crippen LogP contribution < -0.4 is 10.1 Å². The molecule has 29 heavy (non-hydrogen) atoms. The van der Waals surface area contributed by atoms with Crippen LogP contribution in [0.15, 0.2) is 59.1 Å². The van der Waals surface area contributed by atoms with Crippen molar-refractivity contribution in [1.82, 2.24) is 5.16 Å². The highest BCUT2D eigenvalue weighted by atomic mass is 16.6. The zero-order valence-corrected chi connectivity index (χ0v) is 16.5. The quantitative estimate of drug-likeness (QED) is 0.603. The van der Waals surface area contributed by atoms with Crippen LogP contribution in [0.25, 0.3) is 0 Å². The smallest absolute Gasteiger partial charge is 0.344 e. The Morgan fingerprint density at radius 2 is 1.76 bits per heavy atom. The molecule has 0 unspecified atom stereocenters. The number of rotatable bonds is 7. The van der Waals surface area contributed by atoms with Gasteiger partial charge in [0, 0.05) is 5.56 Å². The number of nitrogens with one attached hydrogen (secondary N) is 1. The molecule has 0 aliphatic carbocycles. The molecule has 0 fully saturated rings. The predicted molar refractivity (Wildman–Crippen MR) is 107 cm³/mol. The molecule has 0 spiro atoms. The van der Waals surface area contributed by atoms with Crippen molar-refractivity contribution in [2.75, 3.05) is 11.9 Å². The summed E-state index contributed by atoms with van der Waals surface area (Å²) in [7, 11) is 0. The third-order valence-corrected chi connectivity index (χ3v) is 4.25. The molecule has 1 amide bonds. The number of benzene rings is 2. The van der Waals surface area contributed by atoms with Crippen LogP contribution >= 0.6 is 0 Å². The Hall–Kier alpha value is -3.61. The number of hydrogen-bond acceptors (Lipinski definition) is 6. The Kier molecular flexibility index (Phi) is 6.29. The maximum absolute atomic E-state index is 13.1. The number of nitrogens with zero attached hydrogens (tertiary/aromatic N) is 1. The van der Waals surface area contributed by atoms with Crippen molar-refractivity contribution in [2.45, 2.75) is 26.9 Å². The number of amides is 1. The fraction of sp³-hybridized carbons (Fsp3) is 0.227. The second-order valence-electron chi connectivity index (χ2n) is 6.31. The first kappa shape index (κ1) is 20.1. The van der Waals surface area contributed by atoms with Gasteiger partial charge in [-0.15, -0.1) is 0 Å². The second-order valence-corrected chi connectivity index (χ2v) is 6.31. The molecule has 0 saturated heterocycles. The Bertz CT molecular complexity index is 978. The molecular weight excluding hydrogens is 372 g/mol. The van der Waals surface area contributed by atoms with E-state index in [1.165, 1.54) is 0 Å². The van der Waals surface area contributed by atoms with Crippen molar-refractivity contribution in [3.05, 3.63) is 77.2 Å². The predicted octanol–water partition coefficient (Wildman–Crippen LogP) is 4.23. The van der Waals surface area contributed by atoms with Gasteiger partial charge >= 0.3 is 5.97 Å². The SMILES string of the molecule is CCOc1ccccc1NC(=O)[C@@H](OC(=O)c1c(C)noc1C)c1ccccc1. The number of carbonyl (C=O) groups excluding carboxylic acids is 2. The molecule has 1 aromatic heterocycles. The van der Waals surface area contributed by atoms with E-state index in [1.54, 1.807) is 56.3 Å². The van der Waals surface area contributed by atoms with Crippen LogP contribution in [0.3, 0.4) is 0 Å². The zero-order valence-electron chi connectivity index (χ0n) is 16.5. The summed E-state index contributed by atoms with van der Waals surface area (Å²) >= 11 is 0. The minimum Gasteiger partial charge on any atom is -0.492 e. The molecule has 0 radical (unpaired) electrons.